The normalized spacial score (nSPS) is 10.9. The van der Waals surface area contributed by atoms with Gasteiger partial charge in [-0.15, -0.1) is 0 Å². The average Bonchev–Trinajstić information content (AvgIpc) is 3.25. The highest BCUT2D eigenvalue weighted by atomic mass is 35.5. The fourth-order valence-corrected chi connectivity index (χ4v) is 3.46. The number of hydrogen-bond donors (Lipinski definition) is 1. The molecule has 0 fully saturated rings. The van der Waals surface area contributed by atoms with E-state index in [0.717, 1.165) is 18.2 Å². The number of ether oxygens (including phenoxy) is 1. The van der Waals surface area contributed by atoms with Crippen molar-refractivity contribution in [2.24, 2.45) is 0 Å². The summed E-state index contributed by atoms with van der Waals surface area (Å²) in [6.07, 6.45) is 0.0611. The van der Waals surface area contributed by atoms with Crippen LogP contribution < -0.4 is 10.1 Å². The number of anilines is 1. The van der Waals surface area contributed by atoms with Crippen LogP contribution in [0.4, 0.5) is 27.6 Å². The van der Waals surface area contributed by atoms with Crippen LogP contribution in [0.3, 0.4) is 0 Å². The minimum absolute atomic E-state index is 0.0611. The van der Waals surface area contributed by atoms with Crippen molar-refractivity contribution < 1.29 is 35.9 Å². The molecule has 0 atom stereocenters. The van der Waals surface area contributed by atoms with Crippen molar-refractivity contribution in [2.45, 2.75) is 13.0 Å². The lowest BCUT2D eigenvalue weighted by atomic mass is 10.1. The van der Waals surface area contributed by atoms with E-state index in [9.17, 15) is 26.7 Å². The zero-order valence-corrected chi connectivity index (χ0v) is 18.4. The predicted octanol–water partition coefficient (Wildman–Crippen LogP) is 7.05. The summed E-state index contributed by atoms with van der Waals surface area (Å²) in [5.74, 6) is -5.71. The first-order chi connectivity index (χ1) is 16.7. The summed E-state index contributed by atoms with van der Waals surface area (Å²) < 4.78 is 79.6. The second-order valence-electron chi connectivity index (χ2n) is 7.38. The number of furan rings is 1. The fourth-order valence-electron chi connectivity index (χ4n) is 3.26. The van der Waals surface area contributed by atoms with E-state index >= 15 is 0 Å². The quantitative estimate of drug-likeness (QED) is 0.273. The molecule has 0 aliphatic rings. The summed E-state index contributed by atoms with van der Waals surface area (Å²) in [5.41, 5.74) is -0.604. The lowest BCUT2D eigenvalue weighted by molar-refractivity contribution is 0.0994. The standard InChI is InChI=1S/C25H15ClF5NO3/c26-14-4-6-22(34-12-17-20(30)10-15(27)11-21(17)31)13(8-14)9-16-5-7-23(35-16)25(33)32-24-18(28)2-1-3-19(24)29/h1-8,10-11H,9,12H2,(H,32,33). The smallest absolute Gasteiger partial charge is 0.291 e. The highest BCUT2D eigenvalue weighted by molar-refractivity contribution is 6.30. The van der Waals surface area contributed by atoms with Gasteiger partial charge in [-0.3, -0.25) is 4.79 Å². The van der Waals surface area contributed by atoms with Crippen LogP contribution in [0.2, 0.25) is 5.02 Å². The first kappa shape index (κ1) is 24.3. The molecule has 4 rings (SSSR count). The van der Waals surface area contributed by atoms with Gasteiger partial charge in [0, 0.05) is 29.1 Å². The van der Waals surface area contributed by atoms with E-state index in [1.807, 2.05) is 0 Å². The van der Waals surface area contributed by atoms with Crippen molar-refractivity contribution in [3.63, 3.8) is 0 Å². The number of hydrogen-bond acceptors (Lipinski definition) is 3. The molecule has 0 saturated heterocycles. The molecule has 0 aliphatic carbocycles. The van der Waals surface area contributed by atoms with E-state index < -0.39 is 52.9 Å². The maximum Gasteiger partial charge on any atom is 0.291 e. The number of halogens is 6. The maximum absolute atomic E-state index is 13.9. The molecule has 0 bridgehead atoms. The van der Waals surface area contributed by atoms with Crippen molar-refractivity contribution in [3.05, 3.63) is 117 Å². The van der Waals surface area contributed by atoms with Crippen molar-refractivity contribution in [3.8, 4) is 5.75 Å². The molecular formula is C25H15ClF5NO3. The van der Waals surface area contributed by atoms with Gasteiger partial charge in [-0.05, 0) is 42.5 Å². The Labute approximate surface area is 200 Å². The monoisotopic (exact) mass is 507 g/mol. The minimum Gasteiger partial charge on any atom is -0.488 e. The first-order valence-electron chi connectivity index (χ1n) is 10.1. The average molecular weight is 508 g/mol. The summed E-state index contributed by atoms with van der Waals surface area (Å²) in [6.45, 7) is -0.521. The molecule has 180 valence electrons. The molecule has 1 amide bonds. The molecule has 1 aromatic heterocycles. The van der Waals surface area contributed by atoms with Crippen LogP contribution >= 0.6 is 11.6 Å². The van der Waals surface area contributed by atoms with Crippen LogP contribution in [-0.2, 0) is 13.0 Å². The number of rotatable bonds is 7. The lowest BCUT2D eigenvalue weighted by Gasteiger charge is -2.12. The molecule has 3 aromatic carbocycles. The SMILES string of the molecule is O=C(Nc1c(F)cccc1F)c1ccc(Cc2cc(Cl)ccc2OCc2c(F)cc(F)cc2F)o1. The Morgan fingerprint density at radius 3 is 2.26 bits per heavy atom. The molecule has 4 nitrogen and oxygen atoms in total. The summed E-state index contributed by atoms with van der Waals surface area (Å²) in [5, 5.41) is 2.46. The van der Waals surface area contributed by atoms with Gasteiger partial charge in [0.25, 0.3) is 5.91 Å². The van der Waals surface area contributed by atoms with Gasteiger partial charge >= 0.3 is 0 Å². The van der Waals surface area contributed by atoms with Crippen molar-refractivity contribution in [1.29, 1.82) is 0 Å². The maximum atomic E-state index is 13.9. The Hall–Kier alpha value is -3.85. The summed E-state index contributed by atoms with van der Waals surface area (Å²) >= 11 is 6.06. The van der Waals surface area contributed by atoms with Gasteiger partial charge in [0.15, 0.2) is 5.76 Å². The van der Waals surface area contributed by atoms with E-state index in [-0.39, 0.29) is 23.7 Å². The number of amides is 1. The van der Waals surface area contributed by atoms with Crippen LogP contribution in [0.15, 0.2) is 65.1 Å². The minimum atomic E-state index is -1.09. The Morgan fingerprint density at radius 1 is 0.886 bits per heavy atom. The second-order valence-corrected chi connectivity index (χ2v) is 7.82. The first-order valence-corrected chi connectivity index (χ1v) is 10.5. The van der Waals surface area contributed by atoms with Crippen molar-refractivity contribution in [1.82, 2.24) is 0 Å². The molecular weight excluding hydrogens is 493 g/mol. The number of para-hydroxylation sites is 1. The fraction of sp³-hybridized carbons (Fsp3) is 0.0800. The van der Waals surface area contributed by atoms with E-state index in [1.54, 1.807) is 0 Å². The molecule has 1 heterocycles. The lowest BCUT2D eigenvalue weighted by Crippen LogP contribution is -2.13. The molecule has 0 spiro atoms. The van der Waals surface area contributed by atoms with Crippen LogP contribution in [0, 0.1) is 29.1 Å². The molecule has 0 unspecified atom stereocenters. The van der Waals surface area contributed by atoms with Crippen LogP contribution in [-0.4, -0.2) is 5.91 Å². The Morgan fingerprint density at radius 2 is 1.57 bits per heavy atom. The van der Waals surface area contributed by atoms with Crippen molar-refractivity contribution >= 4 is 23.2 Å². The molecule has 10 heteroatoms. The molecule has 35 heavy (non-hydrogen) atoms. The van der Waals surface area contributed by atoms with E-state index in [0.29, 0.717) is 22.7 Å². The topological polar surface area (TPSA) is 51.5 Å². The molecule has 0 saturated carbocycles. The number of benzene rings is 3. The van der Waals surface area contributed by atoms with Gasteiger partial charge < -0.3 is 14.5 Å². The Kier molecular flexibility index (Phi) is 7.07. The number of carbonyl (C=O) groups is 1. The van der Waals surface area contributed by atoms with Gasteiger partial charge in [0.1, 0.15) is 52.9 Å². The van der Waals surface area contributed by atoms with Crippen LogP contribution in [0.5, 0.6) is 5.75 Å². The summed E-state index contributed by atoms with van der Waals surface area (Å²) in [6, 6.07) is 11.6. The highest BCUT2D eigenvalue weighted by Crippen LogP contribution is 2.28. The van der Waals surface area contributed by atoms with E-state index in [1.165, 1.54) is 30.3 Å². The van der Waals surface area contributed by atoms with Gasteiger partial charge in [-0.2, -0.15) is 0 Å². The summed E-state index contributed by atoms with van der Waals surface area (Å²) in [4.78, 5) is 12.4. The molecule has 0 aliphatic heterocycles. The second kappa shape index (κ2) is 10.2. The van der Waals surface area contributed by atoms with Crippen molar-refractivity contribution in [2.75, 3.05) is 5.32 Å². The third-order valence-electron chi connectivity index (χ3n) is 4.95. The summed E-state index contributed by atoms with van der Waals surface area (Å²) in [7, 11) is 0. The zero-order valence-electron chi connectivity index (χ0n) is 17.7. The van der Waals surface area contributed by atoms with Gasteiger partial charge in [0.05, 0.1) is 5.56 Å². The molecule has 1 N–H and O–H groups in total. The van der Waals surface area contributed by atoms with Crippen LogP contribution in [0.25, 0.3) is 0 Å². The Bertz CT molecular complexity index is 1360. The zero-order chi connectivity index (χ0) is 25.1. The van der Waals surface area contributed by atoms with Gasteiger partial charge in [-0.1, -0.05) is 17.7 Å². The van der Waals surface area contributed by atoms with Crippen LogP contribution in [0.1, 0.15) is 27.4 Å². The largest absolute Gasteiger partial charge is 0.488 e. The Balaban J connectivity index is 1.50. The van der Waals surface area contributed by atoms with E-state index in [2.05, 4.69) is 5.32 Å². The van der Waals surface area contributed by atoms with E-state index in [4.69, 9.17) is 20.8 Å². The number of carbonyl (C=O) groups excluding carboxylic acids is 1. The molecule has 4 aromatic rings. The van der Waals surface area contributed by atoms with Gasteiger partial charge in [-0.25, -0.2) is 22.0 Å². The molecule has 0 radical (unpaired) electrons. The third kappa shape index (κ3) is 5.63. The third-order valence-corrected chi connectivity index (χ3v) is 5.19. The van der Waals surface area contributed by atoms with Gasteiger partial charge in [0.2, 0.25) is 0 Å². The highest BCUT2D eigenvalue weighted by Gasteiger charge is 2.18. The predicted molar refractivity (Wildman–Crippen MR) is 118 cm³/mol. The number of nitrogens with one attached hydrogen (secondary N) is 1.